The van der Waals surface area contributed by atoms with Gasteiger partial charge in [-0.15, -0.1) is 0 Å². The summed E-state index contributed by atoms with van der Waals surface area (Å²) in [5, 5.41) is 14.6. The summed E-state index contributed by atoms with van der Waals surface area (Å²) >= 11 is 0. The lowest BCUT2D eigenvalue weighted by atomic mass is 9.97. The number of fused-ring (bicyclic) bond motifs is 5. The van der Waals surface area contributed by atoms with Gasteiger partial charge < -0.3 is 9.73 Å². The van der Waals surface area contributed by atoms with Crippen molar-refractivity contribution in [2.24, 2.45) is 4.99 Å². The Kier molecular flexibility index (Phi) is 6.00. The molecule has 4 heteroatoms. The topological polar surface area (TPSA) is 49.6 Å². The maximum Gasteiger partial charge on any atom is 0.136 e. The van der Waals surface area contributed by atoms with E-state index in [2.05, 4.69) is 156 Å². The normalized spacial score (nSPS) is 16.7. The Balaban J connectivity index is 1.11. The first kappa shape index (κ1) is 25.8. The molecule has 0 saturated carbocycles. The SMILES string of the molecule is c1ccc(C2=NC(c3ccc4ccccc4c3)NC(c3ccc4oc5cc(-c6cccc7ccccc67)ccc5c4c3)N2)cc1. The maximum atomic E-state index is 6.43. The zero-order valence-corrected chi connectivity index (χ0v) is 24.4. The monoisotopic (exact) mass is 579 g/mol. The molecule has 0 amide bonds. The van der Waals surface area contributed by atoms with E-state index in [4.69, 9.17) is 9.41 Å². The average molecular weight is 580 g/mol. The van der Waals surface area contributed by atoms with E-state index in [0.29, 0.717) is 0 Å². The highest BCUT2D eigenvalue weighted by Crippen LogP contribution is 2.36. The lowest BCUT2D eigenvalue weighted by Crippen LogP contribution is -2.44. The first-order valence-electron chi connectivity index (χ1n) is 15.4. The van der Waals surface area contributed by atoms with Crippen molar-refractivity contribution in [3.8, 4) is 11.1 Å². The molecule has 1 aliphatic rings. The predicted molar refractivity (Wildman–Crippen MR) is 185 cm³/mol. The quantitative estimate of drug-likeness (QED) is 0.218. The largest absolute Gasteiger partial charge is 0.456 e. The first-order valence-corrected chi connectivity index (χ1v) is 15.4. The Morgan fingerprint density at radius 1 is 0.489 bits per heavy atom. The van der Waals surface area contributed by atoms with Crippen molar-refractivity contribution < 1.29 is 4.42 Å². The van der Waals surface area contributed by atoms with E-state index >= 15 is 0 Å². The van der Waals surface area contributed by atoms with Gasteiger partial charge in [-0.05, 0) is 74.1 Å². The number of nitrogens with one attached hydrogen (secondary N) is 2. The van der Waals surface area contributed by atoms with Crippen molar-refractivity contribution in [1.29, 1.82) is 0 Å². The van der Waals surface area contributed by atoms with Crippen molar-refractivity contribution in [3.05, 3.63) is 168 Å². The smallest absolute Gasteiger partial charge is 0.136 e. The Hall–Kier alpha value is -5.71. The Labute approximate surface area is 260 Å². The third kappa shape index (κ3) is 4.55. The first-order chi connectivity index (χ1) is 22.3. The summed E-state index contributed by atoms with van der Waals surface area (Å²) in [6.07, 6.45) is -0.366. The molecule has 8 aromatic rings. The molecule has 4 nitrogen and oxygen atoms in total. The molecule has 214 valence electrons. The number of hydrogen-bond acceptors (Lipinski definition) is 4. The fourth-order valence-corrected chi connectivity index (χ4v) is 6.64. The standard InChI is InChI=1S/C41H29N3O/c1-2-11-28(12-3-1)39-42-40(31-18-17-26-9-4-5-13-29(26)23-31)44-41(43-39)32-20-22-37-36(24-32)35-21-19-30(25-38(35)45-37)34-16-8-14-27-10-6-7-15-33(27)34/h1-25,40-41,44H,(H,42,43). The van der Waals surface area contributed by atoms with Crippen LogP contribution in [0.3, 0.4) is 0 Å². The van der Waals surface area contributed by atoms with Crippen LogP contribution < -0.4 is 10.6 Å². The average Bonchev–Trinajstić information content (AvgIpc) is 3.48. The van der Waals surface area contributed by atoms with Gasteiger partial charge in [-0.1, -0.05) is 121 Å². The predicted octanol–water partition coefficient (Wildman–Crippen LogP) is 9.90. The molecular formula is C41H29N3O. The summed E-state index contributed by atoms with van der Waals surface area (Å²) < 4.78 is 6.43. The van der Waals surface area contributed by atoms with E-state index in [1.54, 1.807) is 0 Å². The van der Waals surface area contributed by atoms with Crippen molar-refractivity contribution in [2.75, 3.05) is 0 Å². The van der Waals surface area contributed by atoms with Crippen LogP contribution in [0.25, 0.3) is 54.6 Å². The number of amidine groups is 1. The zero-order chi connectivity index (χ0) is 29.7. The Morgan fingerprint density at radius 2 is 1.27 bits per heavy atom. The van der Waals surface area contributed by atoms with Crippen LogP contribution >= 0.6 is 0 Å². The molecule has 0 radical (unpaired) electrons. The number of nitrogens with zero attached hydrogens (tertiary/aromatic N) is 1. The molecule has 9 rings (SSSR count). The molecule has 2 unspecified atom stereocenters. The van der Waals surface area contributed by atoms with Crippen LogP contribution in [-0.2, 0) is 0 Å². The molecule has 2 atom stereocenters. The molecule has 0 fully saturated rings. The van der Waals surface area contributed by atoms with Crippen LogP contribution in [0.2, 0.25) is 0 Å². The van der Waals surface area contributed by atoms with Gasteiger partial charge in [-0.3, -0.25) is 5.32 Å². The van der Waals surface area contributed by atoms with E-state index in [-0.39, 0.29) is 12.3 Å². The van der Waals surface area contributed by atoms with Crippen molar-refractivity contribution in [2.45, 2.75) is 12.3 Å². The van der Waals surface area contributed by atoms with Crippen LogP contribution in [0.4, 0.5) is 0 Å². The molecule has 7 aromatic carbocycles. The van der Waals surface area contributed by atoms with Gasteiger partial charge in [0, 0.05) is 16.3 Å². The second-order valence-corrected chi connectivity index (χ2v) is 11.7. The van der Waals surface area contributed by atoms with Crippen LogP contribution in [0.5, 0.6) is 0 Å². The highest BCUT2D eigenvalue weighted by atomic mass is 16.3. The minimum Gasteiger partial charge on any atom is -0.456 e. The summed E-state index contributed by atoms with van der Waals surface area (Å²) in [6, 6.07) is 53.4. The van der Waals surface area contributed by atoms with Gasteiger partial charge in [0.15, 0.2) is 0 Å². The molecule has 0 spiro atoms. The lowest BCUT2D eigenvalue weighted by Gasteiger charge is -2.32. The summed E-state index contributed by atoms with van der Waals surface area (Å²) in [5.41, 5.74) is 7.43. The van der Waals surface area contributed by atoms with E-state index in [1.165, 1.54) is 27.1 Å². The summed E-state index contributed by atoms with van der Waals surface area (Å²) in [7, 11) is 0. The number of furan rings is 1. The molecule has 0 bridgehead atoms. The van der Waals surface area contributed by atoms with Gasteiger partial charge in [0.05, 0.1) is 0 Å². The van der Waals surface area contributed by atoms with Crippen molar-refractivity contribution in [3.63, 3.8) is 0 Å². The number of rotatable bonds is 4. The van der Waals surface area contributed by atoms with Crippen LogP contribution in [0.15, 0.2) is 161 Å². The van der Waals surface area contributed by atoms with Gasteiger partial charge in [0.1, 0.15) is 29.3 Å². The van der Waals surface area contributed by atoms with Crippen LogP contribution in [-0.4, -0.2) is 5.84 Å². The van der Waals surface area contributed by atoms with Gasteiger partial charge in [0.2, 0.25) is 0 Å². The highest BCUT2D eigenvalue weighted by molar-refractivity contribution is 6.07. The fourth-order valence-electron chi connectivity index (χ4n) is 6.64. The third-order valence-corrected chi connectivity index (χ3v) is 8.93. The minimum absolute atomic E-state index is 0.154. The maximum absolute atomic E-state index is 6.43. The van der Waals surface area contributed by atoms with E-state index in [0.717, 1.165) is 50.0 Å². The van der Waals surface area contributed by atoms with E-state index in [9.17, 15) is 0 Å². The fraction of sp³-hybridized carbons (Fsp3) is 0.0488. The Morgan fingerprint density at radius 3 is 2.18 bits per heavy atom. The minimum atomic E-state index is -0.212. The van der Waals surface area contributed by atoms with Gasteiger partial charge in [-0.2, -0.15) is 0 Å². The van der Waals surface area contributed by atoms with Crippen molar-refractivity contribution in [1.82, 2.24) is 10.6 Å². The number of hydrogen-bond donors (Lipinski definition) is 2. The molecule has 45 heavy (non-hydrogen) atoms. The van der Waals surface area contributed by atoms with E-state index in [1.807, 2.05) is 6.07 Å². The van der Waals surface area contributed by atoms with Gasteiger partial charge in [-0.25, -0.2) is 4.99 Å². The number of aliphatic imine (C=N–C) groups is 1. The van der Waals surface area contributed by atoms with E-state index < -0.39 is 0 Å². The summed E-state index contributed by atoms with van der Waals surface area (Å²) in [4.78, 5) is 5.14. The molecule has 1 aromatic heterocycles. The summed E-state index contributed by atoms with van der Waals surface area (Å²) in [5.74, 6) is 0.870. The Bertz CT molecular complexity index is 2400. The van der Waals surface area contributed by atoms with Crippen LogP contribution in [0.1, 0.15) is 29.0 Å². The van der Waals surface area contributed by atoms with Crippen LogP contribution in [0, 0.1) is 0 Å². The third-order valence-electron chi connectivity index (χ3n) is 8.93. The second kappa shape index (κ2) is 10.5. The molecular weight excluding hydrogens is 550 g/mol. The zero-order valence-electron chi connectivity index (χ0n) is 24.4. The molecule has 2 heterocycles. The molecule has 0 aliphatic carbocycles. The number of benzene rings is 7. The summed E-state index contributed by atoms with van der Waals surface area (Å²) in [6.45, 7) is 0. The van der Waals surface area contributed by atoms with Gasteiger partial charge in [0.25, 0.3) is 0 Å². The molecule has 1 aliphatic heterocycles. The lowest BCUT2D eigenvalue weighted by molar-refractivity contribution is 0.409. The van der Waals surface area contributed by atoms with Gasteiger partial charge >= 0.3 is 0 Å². The molecule has 0 saturated heterocycles. The second-order valence-electron chi connectivity index (χ2n) is 11.7. The highest BCUT2D eigenvalue weighted by Gasteiger charge is 2.26. The van der Waals surface area contributed by atoms with Crippen molar-refractivity contribution >= 4 is 49.3 Å². The molecule has 2 N–H and O–H groups in total.